The quantitative estimate of drug-likeness (QED) is 0.253. The number of aliphatic hydroxyl groups is 1. The number of hydrogen-bond donors (Lipinski definition) is 2. The monoisotopic (exact) mass is 633 g/mol. The molecular formula is C35H38F3N5O3. The van der Waals surface area contributed by atoms with E-state index in [9.17, 15) is 19.0 Å². The summed E-state index contributed by atoms with van der Waals surface area (Å²) in [5.41, 5.74) is -0.737. The number of aromatic nitrogens is 3. The van der Waals surface area contributed by atoms with Crippen LogP contribution >= 0.6 is 0 Å². The van der Waals surface area contributed by atoms with Gasteiger partial charge in [0.05, 0.1) is 16.5 Å². The zero-order valence-electron chi connectivity index (χ0n) is 25.9. The summed E-state index contributed by atoms with van der Waals surface area (Å²) in [6.45, 7) is 4.15. The summed E-state index contributed by atoms with van der Waals surface area (Å²) in [6, 6.07) is 5.81. The van der Waals surface area contributed by atoms with E-state index < -0.39 is 28.9 Å². The van der Waals surface area contributed by atoms with Gasteiger partial charge in [0.1, 0.15) is 41.4 Å². The minimum atomic E-state index is -0.925. The van der Waals surface area contributed by atoms with Gasteiger partial charge in [0.15, 0.2) is 5.82 Å². The van der Waals surface area contributed by atoms with Crippen molar-refractivity contribution in [2.24, 2.45) is 5.92 Å². The first-order chi connectivity index (χ1) is 22.2. The van der Waals surface area contributed by atoms with Gasteiger partial charge in [-0.1, -0.05) is 13.0 Å². The van der Waals surface area contributed by atoms with E-state index in [0.717, 1.165) is 38.6 Å². The highest BCUT2D eigenvalue weighted by Gasteiger charge is 2.50. The Morgan fingerprint density at radius 3 is 2.72 bits per heavy atom. The van der Waals surface area contributed by atoms with Crippen molar-refractivity contribution in [2.45, 2.75) is 75.6 Å². The van der Waals surface area contributed by atoms with Gasteiger partial charge in [-0.15, -0.1) is 0 Å². The van der Waals surface area contributed by atoms with Crippen molar-refractivity contribution < 1.29 is 28.1 Å². The summed E-state index contributed by atoms with van der Waals surface area (Å²) in [5.74, 6) is -0.603. The summed E-state index contributed by atoms with van der Waals surface area (Å²) in [7, 11) is 0. The van der Waals surface area contributed by atoms with Crippen LogP contribution in [0.25, 0.3) is 32.9 Å². The van der Waals surface area contributed by atoms with Crippen molar-refractivity contribution in [3.63, 3.8) is 0 Å². The number of piperidine rings is 1. The third-order valence-electron chi connectivity index (χ3n) is 10.8. The highest BCUT2D eigenvalue weighted by Crippen LogP contribution is 2.46. The standard InChI is InChI=1S/C35H38F3N5O3/c1-2-24-27(37)8-5-20-13-23(44)14-25(28(20)24)30-29(38)31-26(16-39-30)32(42-11-4-10-35(45,18-42)21-6-7-21)41-33(40-31)46-19-34-9-3-12-43(34)17-22(36)15-34/h5,8,13-14,16,21-22,44-45H,2-4,6-7,9-12,15,17-19H2,1H3/t22?,34-,35?/m0/s1. The van der Waals surface area contributed by atoms with Crippen LogP contribution in [-0.4, -0.2) is 80.2 Å². The molecule has 0 radical (unpaired) electrons. The molecule has 4 aliphatic rings. The smallest absolute Gasteiger partial charge is 0.319 e. The third-order valence-corrected chi connectivity index (χ3v) is 10.8. The van der Waals surface area contributed by atoms with Crippen LogP contribution in [0.2, 0.25) is 0 Å². The van der Waals surface area contributed by atoms with Crippen LogP contribution in [0.5, 0.6) is 11.8 Å². The minimum absolute atomic E-state index is 0.0213. The number of ether oxygens (including phenoxy) is 1. The van der Waals surface area contributed by atoms with Crippen molar-refractivity contribution in [3.05, 3.63) is 47.7 Å². The summed E-state index contributed by atoms with van der Waals surface area (Å²) in [6.07, 6.45) is 6.49. The molecule has 2 N–H and O–H groups in total. The Balaban J connectivity index is 1.27. The van der Waals surface area contributed by atoms with Crippen LogP contribution in [0.4, 0.5) is 19.0 Å². The van der Waals surface area contributed by atoms with Crippen LogP contribution in [0.15, 0.2) is 30.5 Å². The Labute approximate surface area is 265 Å². The summed E-state index contributed by atoms with van der Waals surface area (Å²) >= 11 is 0. The van der Waals surface area contributed by atoms with E-state index in [1.165, 1.54) is 24.4 Å². The fourth-order valence-electron chi connectivity index (χ4n) is 8.39. The number of aromatic hydroxyl groups is 1. The van der Waals surface area contributed by atoms with Gasteiger partial charge in [0, 0.05) is 37.8 Å². The predicted molar refractivity (Wildman–Crippen MR) is 169 cm³/mol. The average molecular weight is 634 g/mol. The SMILES string of the molecule is CCc1c(F)ccc2cc(O)cc(-c3ncc4c(N5CCCC(O)(C6CC6)C5)nc(OC[C@@]56CCCN5CC(F)C6)nc4c3F)c12. The lowest BCUT2D eigenvalue weighted by Gasteiger charge is -2.40. The number of β-amino-alcohol motifs (C(OH)–C–C–N with tert-alkyl or cyclic N) is 1. The van der Waals surface area contributed by atoms with Crippen molar-refractivity contribution in [3.8, 4) is 23.0 Å². The maximum Gasteiger partial charge on any atom is 0.319 e. The van der Waals surface area contributed by atoms with Crippen LogP contribution < -0.4 is 9.64 Å². The fraction of sp³-hybridized carbons (Fsp3) is 0.514. The molecule has 0 spiro atoms. The molecule has 2 aromatic heterocycles. The van der Waals surface area contributed by atoms with Gasteiger partial charge in [-0.05, 0) is 91.9 Å². The van der Waals surface area contributed by atoms with Gasteiger partial charge in [0.25, 0.3) is 0 Å². The number of hydrogen-bond acceptors (Lipinski definition) is 8. The molecule has 1 aliphatic carbocycles. The molecule has 8 nitrogen and oxygen atoms in total. The largest absolute Gasteiger partial charge is 0.508 e. The Kier molecular flexibility index (Phi) is 7.06. The van der Waals surface area contributed by atoms with Gasteiger partial charge in [-0.3, -0.25) is 9.88 Å². The van der Waals surface area contributed by atoms with E-state index in [1.807, 2.05) is 11.8 Å². The number of nitrogens with zero attached hydrogens (tertiary/aromatic N) is 5. The molecule has 0 bridgehead atoms. The second-order valence-corrected chi connectivity index (χ2v) is 13.8. The number of rotatable bonds is 7. The number of phenolic OH excluding ortho intramolecular Hbond substituents is 1. The van der Waals surface area contributed by atoms with Gasteiger partial charge in [-0.25, -0.2) is 13.2 Å². The lowest BCUT2D eigenvalue weighted by Crippen LogP contribution is -2.50. The van der Waals surface area contributed by atoms with E-state index in [2.05, 4.69) is 14.9 Å². The molecule has 5 heterocycles. The number of benzene rings is 2. The van der Waals surface area contributed by atoms with Gasteiger partial charge < -0.3 is 19.8 Å². The normalized spacial score (nSPS) is 26.7. The van der Waals surface area contributed by atoms with Crippen LogP contribution in [0.1, 0.15) is 57.4 Å². The topological polar surface area (TPSA) is 94.8 Å². The average Bonchev–Trinajstić information content (AvgIpc) is 3.77. The fourth-order valence-corrected chi connectivity index (χ4v) is 8.39. The Morgan fingerprint density at radius 2 is 1.91 bits per heavy atom. The molecule has 4 fully saturated rings. The summed E-state index contributed by atoms with van der Waals surface area (Å²) in [5, 5.41) is 23.5. The maximum absolute atomic E-state index is 16.9. The third kappa shape index (κ3) is 4.85. The lowest BCUT2D eigenvalue weighted by atomic mass is 9.88. The number of phenols is 1. The number of pyridine rings is 1. The van der Waals surface area contributed by atoms with E-state index in [-0.39, 0.29) is 41.1 Å². The van der Waals surface area contributed by atoms with Crippen LogP contribution in [-0.2, 0) is 6.42 Å². The van der Waals surface area contributed by atoms with E-state index >= 15 is 4.39 Å². The van der Waals surface area contributed by atoms with Gasteiger partial charge in [0.2, 0.25) is 0 Å². The predicted octanol–water partition coefficient (Wildman–Crippen LogP) is 6.09. The first-order valence-electron chi connectivity index (χ1n) is 16.5. The Hall–Kier alpha value is -3.70. The van der Waals surface area contributed by atoms with Crippen LogP contribution in [0, 0.1) is 17.6 Å². The second kappa shape index (κ2) is 10.9. The molecule has 3 aliphatic heterocycles. The number of halogens is 3. The molecular weight excluding hydrogens is 595 g/mol. The first kappa shape index (κ1) is 29.7. The molecule has 46 heavy (non-hydrogen) atoms. The Morgan fingerprint density at radius 1 is 1.09 bits per heavy atom. The molecule has 3 saturated heterocycles. The molecule has 2 unspecified atom stereocenters. The Bertz CT molecular complexity index is 1850. The molecule has 11 heteroatoms. The maximum atomic E-state index is 16.9. The molecule has 0 amide bonds. The molecule has 2 aromatic carbocycles. The molecule has 3 atom stereocenters. The summed E-state index contributed by atoms with van der Waals surface area (Å²) < 4.78 is 52.6. The second-order valence-electron chi connectivity index (χ2n) is 13.8. The van der Waals surface area contributed by atoms with Crippen molar-refractivity contribution in [1.29, 1.82) is 0 Å². The molecule has 8 rings (SSSR count). The minimum Gasteiger partial charge on any atom is -0.508 e. The van der Waals surface area contributed by atoms with E-state index in [1.54, 1.807) is 6.07 Å². The number of alkyl halides is 1. The number of fused-ring (bicyclic) bond motifs is 3. The number of anilines is 1. The highest BCUT2D eigenvalue weighted by molar-refractivity contribution is 6.01. The van der Waals surface area contributed by atoms with Crippen molar-refractivity contribution >= 4 is 27.5 Å². The lowest BCUT2D eigenvalue weighted by molar-refractivity contribution is 0.00424. The van der Waals surface area contributed by atoms with Crippen LogP contribution in [0.3, 0.4) is 0 Å². The van der Waals surface area contributed by atoms with Gasteiger partial charge in [-0.2, -0.15) is 9.97 Å². The van der Waals surface area contributed by atoms with E-state index in [0.29, 0.717) is 66.4 Å². The number of aryl methyl sites for hydroxylation is 1. The van der Waals surface area contributed by atoms with Gasteiger partial charge >= 0.3 is 6.01 Å². The molecule has 4 aromatic rings. The van der Waals surface area contributed by atoms with E-state index in [4.69, 9.17) is 9.72 Å². The van der Waals surface area contributed by atoms with Crippen molar-refractivity contribution in [2.75, 3.05) is 37.7 Å². The molecule has 242 valence electrons. The zero-order valence-corrected chi connectivity index (χ0v) is 25.9. The first-order valence-corrected chi connectivity index (χ1v) is 16.5. The zero-order chi connectivity index (χ0) is 31.8. The van der Waals surface area contributed by atoms with Crippen molar-refractivity contribution in [1.82, 2.24) is 19.9 Å². The molecule has 1 saturated carbocycles. The highest BCUT2D eigenvalue weighted by atomic mass is 19.1. The summed E-state index contributed by atoms with van der Waals surface area (Å²) in [4.78, 5) is 18.0.